The molecule has 0 fully saturated rings. The van der Waals surface area contributed by atoms with E-state index in [0.717, 1.165) is 6.29 Å². The number of hydrogen-bond donors (Lipinski definition) is 1. The van der Waals surface area contributed by atoms with Crippen LogP contribution in [0.4, 0.5) is 0 Å². The fourth-order valence-corrected chi connectivity index (χ4v) is 1.06. The summed E-state index contributed by atoms with van der Waals surface area (Å²) in [6.07, 6.45) is 2.49. The summed E-state index contributed by atoms with van der Waals surface area (Å²) in [5.41, 5.74) is 0.557. The van der Waals surface area contributed by atoms with Gasteiger partial charge in [-0.05, 0) is 12.1 Å². The molecule has 2 aromatic rings. The molecule has 0 saturated carbocycles. The minimum absolute atomic E-state index is 0.557. The molecule has 0 aliphatic carbocycles. The summed E-state index contributed by atoms with van der Waals surface area (Å²) >= 11 is 0. The van der Waals surface area contributed by atoms with E-state index in [2.05, 4.69) is 4.98 Å². The molecule has 1 aromatic carbocycles. The summed E-state index contributed by atoms with van der Waals surface area (Å²) in [5.74, 6) is 0. The van der Waals surface area contributed by atoms with Gasteiger partial charge >= 0.3 is 0 Å². The number of nitrogens with one attached hydrogen (secondary N) is 1. The van der Waals surface area contributed by atoms with Crippen molar-refractivity contribution in [2.24, 2.45) is 0 Å². The van der Waals surface area contributed by atoms with Crippen molar-refractivity contribution in [3.8, 4) is 0 Å². The molecule has 0 radical (unpaired) electrons. The Morgan fingerprint density at radius 2 is 1.18 bits per heavy atom. The van der Waals surface area contributed by atoms with Crippen molar-refractivity contribution < 1.29 is 4.79 Å². The zero-order chi connectivity index (χ0) is 12.2. The highest BCUT2D eigenvalue weighted by Gasteiger charge is 1.77. The minimum Gasteiger partial charge on any atom is -0.359 e. The molecule has 86 valence electrons. The Balaban J connectivity index is 0.000000202. The van der Waals surface area contributed by atoms with E-state index >= 15 is 0 Å². The van der Waals surface area contributed by atoms with E-state index < -0.39 is 0 Å². The van der Waals surface area contributed by atoms with Gasteiger partial charge in [-0.3, -0.25) is 4.79 Å². The van der Waals surface area contributed by atoms with Crippen LogP contribution in [0, 0.1) is 0 Å². The number of aromatic amines is 1. The van der Waals surface area contributed by atoms with E-state index in [1.165, 1.54) is 0 Å². The van der Waals surface area contributed by atoms with Crippen LogP contribution in [-0.4, -0.2) is 11.3 Å². The smallest absolute Gasteiger partial charge is 0.166 e. The lowest BCUT2D eigenvalue weighted by atomic mass is 10.4. The average molecular weight is 225 g/mol. The molecule has 2 rings (SSSR count). The summed E-state index contributed by atoms with van der Waals surface area (Å²) in [4.78, 5) is 13.1. The van der Waals surface area contributed by atoms with Crippen molar-refractivity contribution in [1.29, 1.82) is 0 Å². The first-order valence-corrected chi connectivity index (χ1v) is 5.35. The number of aldehydes is 1. The van der Waals surface area contributed by atoms with Crippen LogP contribution in [0.15, 0.2) is 79.0 Å². The molecule has 2 heteroatoms. The molecule has 0 bridgehead atoms. The fraction of sp³-hybridized carbons (Fsp3) is 0. The molecule has 1 heterocycles. The third kappa shape index (κ3) is 6.68. The Morgan fingerprint density at radius 3 is 1.71 bits per heavy atom. The molecule has 1 N–H and O–H groups in total. The van der Waals surface area contributed by atoms with Crippen LogP contribution in [0.3, 0.4) is 0 Å². The zero-order valence-corrected chi connectivity index (χ0v) is 9.49. The topological polar surface area (TPSA) is 32.9 Å². The van der Waals surface area contributed by atoms with Crippen LogP contribution >= 0.6 is 0 Å². The Bertz CT molecular complexity index is 410. The minimum atomic E-state index is 0.557. The first-order chi connectivity index (χ1) is 8.43. The second-order valence-corrected chi connectivity index (χ2v) is 3.17. The van der Waals surface area contributed by atoms with Crippen LogP contribution in [-0.2, 0) is 0 Å². The number of aromatic nitrogens is 1. The molecule has 0 saturated heterocycles. The SMILES string of the molecule is O=Cc1ccccccc[nH]1.c1ccccc1. The molecule has 2 nitrogen and oxygen atoms in total. The molecular formula is C15H15NO. The largest absolute Gasteiger partial charge is 0.359 e. The molecule has 0 aliphatic rings. The third-order valence-corrected chi connectivity index (χ3v) is 1.86. The second-order valence-electron chi connectivity index (χ2n) is 3.17. The zero-order valence-electron chi connectivity index (χ0n) is 9.49. The van der Waals surface area contributed by atoms with E-state index in [-0.39, 0.29) is 0 Å². The van der Waals surface area contributed by atoms with Crippen LogP contribution in [0.2, 0.25) is 0 Å². The number of benzene rings is 1. The molecule has 0 spiro atoms. The van der Waals surface area contributed by atoms with Crippen LogP contribution in [0.1, 0.15) is 10.5 Å². The van der Waals surface area contributed by atoms with Crippen molar-refractivity contribution >= 4 is 6.29 Å². The van der Waals surface area contributed by atoms with Crippen molar-refractivity contribution in [2.75, 3.05) is 0 Å². The maximum absolute atomic E-state index is 10.3. The highest BCUT2D eigenvalue weighted by Crippen LogP contribution is 1.84. The van der Waals surface area contributed by atoms with Gasteiger partial charge < -0.3 is 4.98 Å². The summed E-state index contributed by atoms with van der Waals surface area (Å²) in [7, 11) is 0. The molecule has 0 amide bonds. The lowest BCUT2D eigenvalue weighted by molar-refractivity contribution is 0.111. The Labute approximate surface area is 101 Å². The number of rotatable bonds is 1. The Morgan fingerprint density at radius 1 is 0.706 bits per heavy atom. The van der Waals surface area contributed by atoms with Crippen molar-refractivity contribution in [2.45, 2.75) is 0 Å². The van der Waals surface area contributed by atoms with Gasteiger partial charge in [0.1, 0.15) is 0 Å². The normalized spacial score (nSPS) is 8.24. The predicted octanol–water partition coefficient (Wildman–Crippen LogP) is 3.64. The van der Waals surface area contributed by atoms with E-state index in [1.807, 2.05) is 60.7 Å². The molecular weight excluding hydrogens is 210 g/mol. The van der Waals surface area contributed by atoms with Gasteiger partial charge in [-0.25, -0.2) is 0 Å². The van der Waals surface area contributed by atoms with Crippen LogP contribution in [0.5, 0.6) is 0 Å². The van der Waals surface area contributed by atoms with E-state index in [9.17, 15) is 4.79 Å². The quantitative estimate of drug-likeness (QED) is 0.738. The van der Waals surface area contributed by atoms with Crippen molar-refractivity contribution in [3.05, 3.63) is 84.7 Å². The number of carbonyl (C=O) groups excluding carboxylic acids is 1. The van der Waals surface area contributed by atoms with Gasteiger partial charge in [-0.15, -0.1) is 0 Å². The van der Waals surface area contributed by atoms with Gasteiger partial charge in [0.15, 0.2) is 6.29 Å². The van der Waals surface area contributed by atoms with Crippen LogP contribution in [0.25, 0.3) is 0 Å². The predicted molar refractivity (Wildman–Crippen MR) is 70.3 cm³/mol. The summed E-state index contributed by atoms with van der Waals surface area (Å²) in [6.45, 7) is 0. The number of H-pyrrole nitrogens is 1. The molecule has 17 heavy (non-hydrogen) atoms. The van der Waals surface area contributed by atoms with Gasteiger partial charge in [-0.1, -0.05) is 60.7 Å². The van der Waals surface area contributed by atoms with E-state index in [4.69, 9.17) is 0 Å². The third-order valence-electron chi connectivity index (χ3n) is 1.86. The summed E-state index contributed by atoms with van der Waals surface area (Å²) < 4.78 is 0. The molecule has 0 aliphatic heterocycles. The summed E-state index contributed by atoms with van der Waals surface area (Å²) in [6, 6.07) is 23.0. The first kappa shape index (κ1) is 12.7. The number of hydrogen-bond acceptors (Lipinski definition) is 1. The molecule has 0 atom stereocenters. The fourth-order valence-electron chi connectivity index (χ4n) is 1.06. The van der Waals surface area contributed by atoms with Crippen molar-refractivity contribution in [1.82, 2.24) is 4.98 Å². The standard InChI is InChI=1S/C9H9NO.C6H6/c11-8-9-6-4-2-1-3-5-7-10-9;1-2-4-6-5-3-1/h1-8,10H;1-6H. The maximum Gasteiger partial charge on any atom is 0.166 e. The van der Waals surface area contributed by atoms with Gasteiger partial charge in [-0.2, -0.15) is 0 Å². The Kier molecular flexibility index (Phi) is 6.67. The van der Waals surface area contributed by atoms with Gasteiger partial charge in [0.2, 0.25) is 0 Å². The average Bonchev–Trinajstić information content (AvgIpc) is 2.54. The van der Waals surface area contributed by atoms with Gasteiger partial charge in [0.05, 0.1) is 5.69 Å². The highest BCUT2D eigenvalue weighted by molar-refractivity contribution is 5.70. The number of carbonyl (C=O) groups is 1. The summed E-state index contributed by atoms with van der Waals surface area (Å²) in [5, 5.41) is 0. The highest BCUT2D eigenvalue weighted by atomic mass is 16.1. The Hall–Kier alpha value is -2.35. The maximum atomic E-state index is 10.3. The lowest BCUT2D eigenvalue weighted by Gasteiger charge is -1.79. The molecule has 1 aromatic heterocycles. The van der Waals surface area contributed by atoms with Crippen molar-refractivity contribution in [3.63, 3.8) is 0 Å². The molecule has 0 unspecified atom stereocenters. The lowest BCUT2D eigenvalue weighted by Crippen LogP contribution is -1.77. The second kappa shape index (κ2) is 8.92. The van der Waals surface area contributed by atoms with Crippen LogP contribution < -0.4 is 0 Å². The first-order valence-electron chi connectivity index (χ1n) is 5.35. The van der Waals surface area contributed by atoms with Gasteiger partial charge in [0, 0.05) is 6.20 Å². The monoisotopic (exact) mass is 225 g/mol. The van der Waals surface area contributed by atoms with Gasteiger partial charge in [0.25, 0.3) is 0 Å². The van der Waals surface area contributed by atoms with E-state index in [1.54, 1.807) is 18.3 Å². The van der Waals surface area contributed by atoms with E-state index in [0.29, 0.717) is 5.69 Å².